The van der Waals surface area contributed by atoms with Crippen molar-refractivity contribution < 1.29 is 0 Å². The van der Waals surface area contributed by atoms with Crippen molar-refractivity contribution in [3.8, 4) is 0 Å². The van der Waals surface area contributed by atoms with Crippen molar-refractivity contribution in [2.45, 2.75) is 58.9 Å². The molecule has 32 heavy (non-hydrogen) atoms. The first kappa shape index (κ1) is 25.6. The van der Waals surface area contributed by atoms with Crippen LogP contribution in [0.4, 0.5) is 5.69 Å². The maximum absolute atomic E-state index is 4.05. The van der Waals surface area contributed by atoms with Crippen LogP contribution in [-0.4, -0.2) is 45.9 Å². The SMILES string of the molecule is C[Si](C)(C)c1ccc([NH][In]([c]2ccc([Si](C)(C)C)cc2)[c]2ccc([Si](C)(C)C)cc2)cc1. The fraction of sp³-hybridized carbons (Fsp3) is 0.333. The van der Waals surface area contributed by atoms with E-state index in [0.29, 0.717) is 0 Å². The molecule has 0 saturated carbocycles. The summed E-state index contributed by atoms with van der Waals surface area (Å²) in [6, 6.07) is 28.6. The summed E-state index contributed by atoms with van der Waals surface area (Å²) >= 11 is -2.48. The van der Waals surface area contributed by atoms with Gasteiger partial charge in [-0.3, -0.25) is 0 Å². The zero-order valence-corrected chi connectivity index (χ0v) is 27.8. The predicted molar refractivity (Wildman–Crippen MR) is 157 cm³/mol. The standard InChI is InChI=1S/C9H14NSi.2C9H13Si.In/c1-11(2,3)9-6-4-8(10)5-7-9;2*1-10(2,3)9-7-5-4-6-8-9;/h4-7,10H,1-3H3;2*5-8H,1-3H3;/q-1;;;+1. The Morgan fingerprint density at radius 1 is 0.438 bits per heavy atom. The van der Waals surface area contributed by atoms with Gasteiger partial charge in [-0.1, -0.05) is 0 Å². The van der Waals surface area contributed by atoms with Crippen LogP contribution in [0.2, 0.25) is 58.9 Å². The molecule has 3 rings (SSSR count). The molecule has 0 spiro atoms. The molecular formula is C27H40InNSi3. The predicted octanol–water partition coefficient (Wildman–Crippen LogP) is 4.54. The van der Waals surface area contributed by atoms with E-state index in [9.17, 15) is 0 Å². The Morgan fingerprint density at radius 2 is 0.719 bits per heavy atom. The van der Waals surface area contributed by atoms with Crippen LogP contribution < -0.4 is 25.5 Å². The van der Waals surface area contributed by atoms with E-state index in [1.807, 2.05) is 0 Å². The molecule has 0 radical (unpaired) electrons. The number of anilines is 1. The molecule has 168 valence electrons. The topological polar surface area (TPSA) is 12.0 Å². The van der Waals surface area contributed by atoms with Gasteiger partial charge in [0.05, 0.1) is 0 Å². The van der Waals surface area contributed by atoms with Crippen LogP contribution in [-0.2, 0) is 0 Å². The Hall–Kier alpha value is -1.02. The second-order valence-electron chi connectivity index (χ2n) is 12.1. The zero-order valence-electron chi connectivity index (χ0n) is 21.5. The fourth-order valence-electron chi connectivity index (χ4n) is 3.94. The van der Waals surface area contributed by atoms with Gasteiger partial charge in [0.15, 0.2) is 0 Å². The van der Waals surface area contributed by atoms with Crippen molar-refractivity contribution >= 4 is 73.8 Å². The Kier molecular flexibility index (Phi) is 7.75. The second-order valence-corrected chi connectivity index (χ2v) is 34.5. The normalized spacial score (nSPS) is 12.5. The molecule has 0 aliphatic carbocycles. The fourth-order valence-corrected chi connectivity index (χ4v) is 14.3. The van der Waals surface area contributed by atoms with E-state index in [1.54, 1.807) is 10.4 Å². The van der Waals surface area contributed by atoms with Gasteiger partial charge in [-0.15, -0.1) is 0 Å². The number of benzene rings is 3. The van der Waals surface area contributed by atoms with E-state index < -0.39 is 45.9 Å². The van der Waals surface area contributed by atoms with Gasteiger partial charge in [0.1, 0.15) is 0 Å². The molecule has 0 atom stereocenters. The first-order valence-electron chi connectivity index (χ1n) is 11.8. The Balaban J connectivity index is 1.97. The van der Waals surface area contributed by atoms with Gasteiger partial charge in [0.25, 0.3) is 0 Å². The van der Waals surface area contributed by atoms with Crippen molar-refractivity contribution in [1.82, 2.24) is 0 Å². The minimum atomic E-state index is -2.48. The Labute approximate surface area is 207 Å². The number of rotatable bonds is 7. The Bertz CT molecular complexity index is 966. The second kappa shape index (κ2) is 9.69. The third kappa shape index (κ3) is 6.52. The quantitative estimate of drug-likeness (QED) is 0.407. The molecule has 0 aromatic heterocycles. The molecule has 0 fully saturated rings. The molecule has 1 N–H and O–H groups in total. The molecule has 5 heteroatoms. The van der Waals surface area contributed by atoms with Gasteiger partial charge < -0.3 is 0 Å². The van der Waals surface area contributed by atoms with Gasteiger partial charge in [-0.25, -0.2) is 0 Å². The van der Waals surface area contributed by atoms with Gasteiger partial charge in [-0.2, -0.15) is 0 Å². The number of hydrogen-bond donors (Lipinski definition) is 1. The van der Waals surface area contributed by atoms with E-state index in [1.165, 1.54) is 17.5 Å². The van der Waals surface area contributed by atoms with E-state index in [2.05, 4.69) is 135 Å². The molecule has 3 aromatic carbocycles. The van der Waals surface area contributed by atoms with Crippen LogP contribution in [0.25, 0.3) is 0 Å². The van der Waals surface area contributed by atoms with Crippen molar-refractivity contribution in [3.63, 3.8) is 0 Å². The molecule has 0 aliphatic heterocycles. The Morgan fingerprint density at radius 3 is 1.00 bits per heavy atom. The van der Waals surface area contributed by atoms with Gasteiger partial charge >= 0.3 is 209 Å². The van der Waals surface area contributed by atoms with Crippen molar-refractivity contribution in [3.05, 3.63) is 72.8 Å². The number of hydrogen-bond acceptors (Lipinski definition) is 1. The molecular weight excluding hydrogens is 537 g/mol. The first-order valence-corrected chi connectivity index (χ1v) is 27.3. The molecule has 3 aromatic rings. The van der Waals surface area contributed by atoms with Crippen LogP contribution in [0.5, 0.6) is 0 Å². The summed E-state index contributed by atoms with van der Waals surface area (Å²) in [5.41, 5.74) is 1.27. The van der Waals surface area contributed by atoms with Crippen LogP contribution >= 0.6 is 0 Å². The third-order valence-electron chi connectivity index (χ3n) is 6.28. The molecule has 0 saturated heterocycles. The van der Waals surface area contributed by atoms with Crippen molar-refractivity contribution in [1.29, 1.82) is 0 Å². The van der Waals surface area contributed by atoms with E-state index in [4.69, 9.17) is 0 Å². The van der Waals surface area contributed by atoms with E-state index in [0.717, 1.165) is 0 Å². The van der Waals surface area contributed by atoms with Crippen LogP contribution in [0.3, 0.4) is 0 Å². The summed E-state index contributed by atoms with van der Waals surface area (Å²) in [7, 11) is -3.85. The summed E-state index contributed by atoms with van der Waals surface area (Å²) in [6.07, 6.45) is 0. The molecule has 0 heterocycles. The molecule has 0 bridgehead atoms. The van der Waals surface area contributed by atoms with Crippen molar-refractivity contribution in [2.24, 2.45) is 0 Å². The van der Waals surface area contributed by atoms with Gasteiger partial charge in [0.2, 0.25) is 0 Å². The number of nitrogens with one attached hydrogen (secondary N) is 1. The van der Waals surface area contributed by atoms with E-state index in [-0.39, 0.29) is 0 Å². The molecule has 0 unspecified atom stereocenters. The third-order valence-corrected chi connectivity index (χ3v) is 20.3. The maximum atomic E-state index is 4.05. The van der Waals surface area contributed by atoms with Crippen molar-refractivity contribution in [2.75, 3.05) is 3.30 Å². The summed E-state index contributed by atoms with van der Waals surface area (Å²) in [6.45, 7) is 21.8. The van der Waals surface area contributed by atoms with Crippen LogP contribution in [0, 0.1) is 0 Å². The summed E-state index contributed by atoms with van der Waals surface area (Å²) in [4.78, 5) is 0. The summed E-state index contributed by atoms with van der Waals surface area (Å²) < 4.78 is 7.12. The average Bonchev–Trinajstić information content (AvgIpc) is 2.71. The minimum absolute atomic E-state index is 1.27. The molecule has 0 amide bonds. The average molecular weight is 578 g/mol. The van der Waals surface area contributed by atoms with Crippen LogP contribution in [0.1, 0.15) is 0 Å². The summed E-state index contributed by atoms with van der Waals surface area (Å²) in [5, 5.41) is 4.61. The van der Waals surface area contributed by atoms with Crippen LogP contribution in [0.15, 0.2) is 72.8 Å². The molecule has 1 nitrogen and oxygen atoms in total. The zero-order chi connectivity index (χ0) is 23.7. The summed E-state index contributed by atoms with van der Waals surface area (Å²) in [5.74, 6) is 0. The van der Waals surface area contributed by atoms with Gasteiger partial charge in [-0.05, 0) is 0 Å². The first-order chi connectivity index (χ1) is 14.7. The van der Waals surface area contributed by atoms with E-state index >= 15 is 0 Å². The van der Waals surface area contributed by atoms with Gasteiger partial charge in [0, 0.05) is 0 Å². The monoisotopic (exact) mass is 577 g/mol. The molecule has 0 aliphatic rings.